The molecular formula is C9H18O3. The predicted octanol–water partition coefficient (Wildman–Crippen LogP) is 1.75. The van der Waals surface area contributed by atoms with E-state index in [1.807, 2.05) is 27.7 Å². The van der Waals surface area contributed by atoms with Gasteiger partial charge in [0.25, 0.3) is 0 Å². The quantitative estimate of drug-likeness (QED) is 0.598. The first kappa shape index (κ1) is 11.4. The molecule has 0 aliphatic carbocycles. The molecular weight excluding hydrogens is 156 g/mol. The number of hydrogen-bond donors (Lipinski definition) is 0. The Morgan fingerprint density at radius 1 is 1.50 bits per heavy atom. The van der Waals surface area contributed by atoms with Crippen LogP contribution < -0.4 is 0 Å². The lowest BCUT2D eigenvalue weighted by Gasteiger charge is -2.10. The van der Waals surface area contributed by atoms with Crippen molar-refractivity contribution in [2.45, 2.75) is 46.3 Å². The standard InChI is InChI=1S/C7H12O3.C2H6/c1-5(2)10-6-3-4-9-7(6)8;1-2/h5-6H,3-4H2,1-2H3;1-2H3. The Labute approximate surface area is 74.0 Å². The van der Waals surface area contributed by atoms with E-state index in [1.165, 1.54) is 0 Å². The molecule has 0 radical (unpaired) electrons. The van der Waals surface area contributed by atoms with Gasteiger partial charge in [0.2, 0.25) is 0 Å². The average molecular weight is 174 g/mol. The zero-order chi connectivity index (χ0) is 9.56. The van der Waals surface area contributed by atoms with E-state index in [0.717, 1.165) is 0 Å². The second-order valence-electron chi connectivity index (χ2n) is 2.63. The summed E-state index contributed by atoms with van der Waals surface area (Å²) in [5.74, 6) is -0.214. The van der Waals surface area contributed by atoms with E-state index < -0.39 is 0 Å². The van der Waals surface area contributed by atoms with Crippen molar-refractivity contribution in [2.24, 2.45) is 0 Å². The highest BCUT2D eigenvalue weighted by atomic mass is 16.6. The highest BCUT2D eigenvalue weighted by molar-refractivity contribution is 5.76. The SMILES string of the molecule is CC.CC(C)OC1CCOC1=O. The van der Waals surface area contributed by atoms with E-state index in [4.69, 9.17) is 9.47 Å². The summed E-state index contributed by atoms with van der Waals surface area (Å²) in [6.45, 7) is 8.33. The number of carbonyl (C=O) groups excluding carboxylic acids is 1. The van der Waals surface area contributed by atoms with E-state index in [1.54, 1.807) is 0 Å². The number of hydrogen-bond acceptors (Lipinski definition) is 3. The first-order valence-electron chi connectivity index (χ1n) is 4.52. The highest BCUT2D eigenvalue weighted by Gasteiger charge is 2.27. The van der Waals surface area contributed by atoms with E-state index >= 15 is 0 Å². The Balaban J connectivity index is 0.000000561. The van der Waals surface area contributed by atoms with Crippen molar-refractivity contribution in [1.29, 1.82) is 0 Å². The smallest absolute Gasteiger partial charge is 0.335 e. The molecule has 1 fully saturated rings. The van der Waals surface area contributed by atoms with Gasteiger partial charge >= 0.3 is 5.97 Å². The van der Waals surface area contributed by atoms with Crippen molar-refractivity contribution in [3.05, 3.63) is 0 Å². The van der Waals surface area contributed by atoms with Crippen LogP contribution in [0.25, 0.3) is 0 Å². The number of rotatable bonds is 2. The zero-order valence-electron chi connectivity index (χ0n) is 8.29. The topological polar surface area (TPSA) is 35.5 Å². The molecule has 3 heteroatoms. The molecule has 1 saturated heterocycles. The third kappa shape index (κ3) is 3.72. The Bertz CT molecular complexity index is 132. The molecule has 1 rings (SSSR count). The van der Waals surface area contributed by atoms with Crippen molar-refractivity contribution >= 4 is 5.97 Å². The van der Waals surface area contributed by atoms with Crippen LogP contribution in [0.2, 0.25) is 0 Å². The molecule has 3 nitrogen and oxygen atoms in total. The zero-order valence-corrected chi connectivity index (χ0v) is 8.29. The van der Waals surface area contributed by atoms with Gasteiger partial charge in [-0.2, -0.15) is 0 Å². The van der Waals surface area contributed by atoms with Gasteiger partial charge in [-0.1, -0.05) is 13.8 Å². The third-order valence-electron chi connectivity index (χ3n) is 1.32. The van der Waals surface area contributed by atoms with Crippen molar-refractivity contribution in [2.75, 3.05) is 6.61 Å². The van der Waals surface area contributed by atoms with Gasteiger partial charge in [0.1, 0.15) is 0 Å². The highest BCUT2D eigenvalue weighted by Crippen LogP contribution is 2.11. The molecule has 72 valence electrons. The summed E-state index contributed by atoms with van der Waals surface area (Å²) in [5, 5.41) is 0. The van der Waals surface area contributed by atoms with Crippen LogP contribution in [0.3, 0.4) is 0 Å². The molecule has 0 aromatic carbocycles. The first-order chi connectivity index (χ1) is 5.70. The molecule has 0 aromatic heterocycles. The molecule has 1 heterocycles. The number of esters is 1. The maximum absolute atomic E-state index is 10.8. The number of cyclic esters (lactones) is 1. The van der Waals surface area contributed by atoms with Crippen LogP contribution in [0.5, 0.6) is 0 Å². The van der Waals surface area contributed by atoms with Crippen LogP contribution in [0.1, 0.15) is 34.1 Å². The second kappa shape index (κ2) is 6.00. The lowest BCUT2D eigenvalue weighted by molar-refractivity contribution is -0.149. The maximum atomic E-state index is 10.8. The molecule has 12 heavy (non-hydrogen) atoms. The number of carbonyl (C=O) groups is 1. The number of ether oxygens (including phenoxy) is 2. The molecule has 1 aliphatic heterocycles. The van der Waals surface area contributed by atoms with Crippen molar-refractivity contribution in [3.63, 3.8) is 0 Å². The normalized spacial score (nSPS) is 21.8. The van der Waals surface area contributed by atoms with Gasteiger partial charge in [0.05, 0.1) is 12.7 Å². The van der Waals surface area contributed by atoms with Gasteiger partial charge in [0.15, 0.2) is 6.10 Å². The molecule has 0 aromatic rings. The average Bonchev–Trinajstić information content (AvgIpc) is 2.40. The van der Waals surface area contributed by atoms with Gasteiger partial charge in [-0.15, -0.1) is 0 Å². The van der Waals surface area contributed by atoms with E-state index in [0.29, 0.717) is 13.0 Å². The summed E-state index contributed by atoms with van der Waals surface area (Å²) < 4.78 is 9.95. The van der Waals surface area contributed by atoms with Crippen LogP contribution in [-0.4, -0.2) is 24.8 Å². The summed E-state index contributed by atoms with van der Waals surface area (Å²) in [6, 6.07) is 0. The van der Waals surface area contributed by atoms with Crippen LogP contribution in [0, 0.1) is 0 Å². The Kier molecular flexibility index (Phi) is 5.72. The minimum absolute atomic E-state index is 0.107. The van der Waals surface area contributed by atoms with Crippen LogP contribution in [0.4, 0.5) is 0 Å². The van der Waals surface area contributed by atoms with E-state index in [2.05, 4.69) is 0 Å². The predicted molar refractivity (Wildman–Crippen MR) is 46.9 cm³/mol. The minimum Gasteiger partial charge on any atom is -0.464 e. The van der Waals surface area contributed by atoms with Gasteiger partial charge in [0, 0.05) is 6.42 Å². The summed E-state index contributed by atoms with van der Waals surface area (Å²) in [4.78, 5) is 10.8. The fourth-order valence-electron chi connectivity index (χ4n) is 0.929. The Morgan fingerprint density at radius 3 is 2.42 bits per heavy atom. The van der Waals surface area contributed by atoms with Gasteiger partial charge in [-0.25, -0.2) is 4.79 Å². The van der Waals surface area contributed by atoms with Gasteiger partial charge in [-0.3, -0.25) is 0 Å². The molecule has 1 atom stereocenters. The summed E-state index contributed by atoms with van der Waals surface area (Å²) in [5.41, 5.74) is 0. The lowest BCUT2D eigenvalue weighted by Crippen LogP contribution is -2.22. The Morgan fingerprint density at radius 2 is 2.08 bits per heavy atom. The summed E-state index contributed by atoms with van der Waals surface area (Å²) >= 11 is 0. The van der Waals surface area contributed by atoms with Crippen LogP contribution in [-0.2, 0) is 14.3 Å². The van der Waals surface area contributed by atoms with Crippen LogP contribution in [0.15, 0.2) is 0 Å². The first-order valence-corrected chi connectivity index (χ1v) is 4.52. The van der Waals surface area contributed by atoms with Gasteiger partial charge in [-0.05, 0) is 13.8 Å². The summed E-state index contributed by atoms with van der Waals surface area (Å²) in [6.07, 6.45) is 0.507. The van der Waals surface area contributed by atoms with Crippen molar-refractivity contribution < 1.29 is 14.3 Å². The molecule has 0 amide bonds. The molecule has 0 saturated carbocycles. The molecule has 0 N–H and O–H groups in total. The molecule has 1 aliphatic rings. The fourth-order valence-corrected chi connectivity index (χ4v) is 0.929. The third-order valence-corrected chi connectivity index (χ3v) is 1.32. The monoisotopic (exact) mass is 174 g/mol. The summed E-state index contributed by atoms with van der Waals surface area (Å²) in [7, 11) is 0. The van der Waals surface area contributed by atoms with Crippen molar-refractivity contribution in [1.82, 2.24) is 0 Å². The maximum Gasteiger partial charge on any atom is 0.335 e. The van der Waals surface area contributed by atoms with E-state index in [-0.39, 0.29) is 18.2 Å². The molecule has 1 unspecified atom stereocenters. The van der Waals surface area contributed by atoms with Crippen LogP contribution >= 0.6 is 0 Å². The minimum atomic E-state index is -0.306. The fraction of sp³-hybridized carbons (Fsp3) is 0.889. The molecule has 0 spiro atoms. The largest absolute Gasteiger partial charge is 0.464 e. The molecule has 0 bridgehead atoms. The lowest BCUT2D eigenvalue weighted by atomic mass is 10.3. The van der Waals surface area contributed by atoms with E-state index in [9.17, 15) is 4.79 Å². The van der Waals surface area contributed by atoms with Crippen molar-refractivity contribution in [3.8, 4) is 0 Å². The Hall–Kier alpha value is -0.570. The van der Waals surface area contributed by atoms with Gasteiger partial charge < -0.3 is 9.47 Å². The second-order valence-corrected chi connectivity index (χ2v) is 2.63.